The van der Waals surface area contributed by atoms with Crippen LogP contribution in [0.15, 0.2) is 0 Å². The number of carbonyl (C=O) groups excluding carboxylic acids is 2. The minimum absolute atomic E-state index is 0.0869. The average molecular weight is 288 g/mol. The fourth-order valence-corrected chi connectivity index (χ4v) is 1.52. The van der Waals surface area contributed by atoms with Crippen LogP contribution in [0.25, 0.3) is 0 Å². The van der Waals surface area contributed by atoms with E-state index in [1.54, 1.807) is 7.11 Å². The van der Waals surface area contributed by atoms with Gasteiger partial charge in [-0.3, -0.25) is 9.59 Å². The normalized spacial score (nSPS) is 11.9. The number of ether oxygens (including phenoxy) is 3. The molecule has 0 saturated heterocycles. The van der Waals surface area contributed by atoms with E-state index >= 15 is 0 Å². The van der Waals surface area contributed by atoms with Crippen LogP contribution in [-0.2, 0) is 23.8 Å². The Morgan fingerprint density at radius 2 is 1.65 bits per heavy atom. The van der Waals surface area contributed by atoms with Crippen LogP contribution in [0.3, 0.4) is 0 Å². The third-order valence-corrected chi connectivity index (χ3v) is 2.89. The lowest BCUT2D eigenvalue weighted by molar-refractivity contribution is -0.151. The molecule has 0 bridgehead atoms. The summed E-state index contributed by atoms with van der Waals surface area (Å²) in [5, 5.41) is 0. The van der Waals surface area contributed by atoms with Crippen LogP contribution in [0.1, 0.15) is 52.4 Å². The molecule has 20 heavy (non-hydrogen) atoms. The molecule has 0 saturated carbocycles. The quantitative estimate of drug-likeness (QED) is 0.408. The number of hydrogen-bond acceptors (Lipinski definition) is 5. The number of carbonyl (C=O) groups is 2. The summed E-state index contributed by atoms with van der Waals surface area (Å²) in [6, 6.07) is 0. The van der Waals surface area contributed by atoms with Gasteiger partial charge in [0.2, 0.25) is 0 Å². The molecular weight excluding hydrogens is 260 g/mol. The molecule has 0 amide bonds. The zero-order chi connectivity index (χ0) is 15.2. The van der Waals surface area contributed by atoms with Crippen LogP contribution in [-0.4, -0.2) is 38.9 Å². The van der Waals surface area contributed by atoms with E-state index in [2.05, 4.69) is 6.92 Å². The fraction of sp³-hybridized carbons (Fsp3) is 0.867. The number of hydrogen-bond donors (Lipinski definition) is 0. The highest BCUT2D eigenvalue weighted by molar-refractivity contribution is 5.77. The van der Waals surface area contributed by atoms with Crippen LogP contribution in [0.5, 0.6) is 0 Å². The number of unbranched alkanes of at least 4 members (excludes halogenated alkanes) is 2. The van der Waals surface area contributed by atoms with E-state index in [0.29, 0.717) is 19.8 Å². The lowest BCUT2D eigenvalue weighted by atomic mass is 10.1. The standard InChI is InChI=1S/C15H28O5/c1-4-5-6-10-19-14(16)7-8-15(17)20-12-13(2)9-11-18-3/h13H,4-12H2,1-3H3. The monoisotopic (exact) mass is 288 g/mol. The molecule has 0 heterocycles. The van der Waals surface area contributed by atoms with Crippen molar-refractivity contribution in [3.63, 3.8) is 0 Å². The molecule has 0 aliphatic carbocycles. The van der Waals surface area contributed by atoms with Crippen molar-refractivity contribution in [1.82, 2.24) is 0 Å². The van der Waals surface area contributed by atoms with Gasteiger partial charge in [-0.1, -0.05) is 26.7 Å². The van der Waals surface area contributed by atoms with E-state index in [0.717, 1.165) is 25.7 Å². The van der Waals surface area contributed by atoms with E-state index in [-0.39, 0.29) is 30.7 Å². The first-order valence-corrected chi connectivity index (χ1v) is 7.40. The Bertz CT molecular complexity index is 265. The highest BCUT2D eigenvalue weighted by Crippen LogP contribution is 2.04. The van der Waals surface area contributed by atoms with E-state index in [1.165, 1.54) is 0 Å². The molecule has 0 radical (unpaired) electrons. The van der Waals surface area contributed by atoms with Gasteiger partial charge in [-0.2, -0.15) is 0 Å². The molecule has 0 aromatic heterocycles. The second-order valence-corrected chi connectivity index (χ2v) is 5.00. The van der Waals surface area contributed by atoms with Gasteiger partial charge in [0.25, 0.3) is 0 Å². The Hall–Kier alpha value is -1.10. The maximum absolute atomic E-state index is 11.4. The zero-order valence-corrected chi connectivity index (χ0v) is 13.0. The first kappa shape index (κ1) is 18.9. The van der Waals surface area contributed by atoms with Gasteiger partial charge in [0.15, 0.2) is 0 Å². The van der Waals surface area contributed by atoms with Gasteiger partial charge in [0.1, 0.15) is 0 Å². The van der Waals surface area contributed by atoms with Crippen molar-refractivity contribution in [2.24, 2.45) is 5.92 Å². The number of rotatable bonds is 12. The Labute approximate surface area is 122 Å². The molecule has 118 valence electrons. The summed E-state index contributed by atoms with van der Waals surface area (Å²) in [6.07, 6.45) is 4.05. The summed E-state index contributed by atoms with van der Waals surface area (Å²) in [7, 11) is 1.64. The van der Waals surface area contributed by atoms with Crippen LogP contribution in [0.4, 0.5) is 0 Å². The fourth-order valence-electron chi connectivity index (χ4n) is 1.52. The molecule has 1 atom stereocenters. The molecule has 5 heteroatoms. The van der Waals surface area contributed by atoms with Crippen molar-refractivity contribution in [1.29, 1.82) is 0 Å². The summed E-state index contributed by atoms with van der Waals surface area (Å²) in [5.41, 5.74) is 0. The van der Waals surface area contributed by atoms with E-state index < -0.39 is 0 Å². The maximum Gasteiger partial charge on any atom is 0.306 e. The number of methoxy groups -OCH3 is 1. The Morgan fingerprint density at radius 1 is 1.00 bits per heavy atom. The van der Waals surface area contributed by atoms with Crippen molar-refractivity contribution in [3.05, 3.63) is 0 Å². The van der Waals surface area contributed by atoms with Gasteiger partial charge in [-0.05, 0) is 18.8 Å². The molecule has 1 unspecified atom stereocenters. The average Bonchev–Trinajstić information content (AvgIpc) is 2.45. The minimum atomic E-state index is -0.347. The van der Waals surface area contributed by atoms with Crippen molar-refractivity contribution < 1.29 is 23.8 Å². The maximum atomic E-state index is 11.4. The van der Waals surface area contributed by atoms with Gasteiger partial charge in [0, 0.05) is 13.7 Å². The first-order valence-electron chi connectivity index (χ1n) is 7.40. The first-order chi connectivity index (χ1) is 9.60. The Balaban J connectivity index is 3.54. The molecule has 0 aliphatic heterocycles. The highest BCUT2D eigenvalue weighted by atomic mass is 16.5. The van der Waals surface area contributed by atoms with Gasteiger partial charge < -0.3 is 14.2 Å². The Morgan fingerprint density at radius 3 is 2.25 bits per heavy atom. The van der Waals surface area contributed by atoms with Crippen LogP contribution in [0, 0.1) is 5.92 Å². The lowest BCUT2D eigenvalue weighted by Gasteiger charge is -2.11. The number of esters is 2. The smallest absolute Gasteiger partial charge is 0.306 e. The van der Waals surface area contributed by atoms with Crippen LogP contribution >= 0.6 is 0 Å². The topological polar surface area (TPSA) is 61.8 Å². The molecule has 0 N–H and O–H groups in total. The molecule has 0 rings (SSSR count). The predicted octanol–water partition coefficient (Wildman–Crippen LogP) is 2.72. The summed E-state index contributed by atoms with van der Waals surface area (Å²) in [6.45, 7) is 5.55. The third kappa shape index (κ3) is 12.0. The van der Waals surface area contributed by atoms with Crippen molar-refractivity contribution in [2.75, 3.05) is 26.9 Å². The molecule has 0 aromatic rings. The molecule has 5 nitrogen and oxygen atoms in total. The molecule has 0 aliphatic rings. The van der Waals surface area contributed by atoms with E-state index in [4.69, 9.17) is 14.2 Å². The minimum Gasteiger partial charge on any atom is -0.466 e. The summed E-state index contributed by atoms with van der Waals surface area (Å²) in [5.74, 6) is -0.412. The Kier molecular flexibility index (Phi) is 12.2. The van der Waals surface area contributed by atoms with Crippen LogP contribution < -0.4 is 0 Å². The SMILES string of the molecule is CCCCCOC(=O)CCC(=O)OCC(C)CCOC. The van der Waals surface area contributed by atoms with Crippen molar-refractivity contribution in [2.45, 2.75) is 52.4 Å². The van der Waals surface area contributed by atoms with Crippen LogP contribution in [0.2, 0.25) is 0 Å². The van der Waals surface area contributed by atoms with Gasteiger partial charge in [0.05, 0.1) is 26.1 Å². The van der Waals surface area contributed by atoms with E-state index in [9.17, 15) is 9.59 Å². The summed E-state index contributed by atoms with van der Waals surface area (Å²) < 4.78 is 15.1. The summed E-state index contributed by atoms with van der Waals surface area (Å²) >= 11 is 0. The highest BCUT2D eigenvalue weighted by Gasteiger charge is 2.11. The second kappa shape index (κ2) is 12.9. The second-order valence-electron chi connectivity index (χ2n) is 5.00. The molecule has 0 fully saturated rings. The van der Waals surface area contributed by atoms with Gasteiger partial charge >= 0.3 is 11.9 Å². The van der Waals surface area contributed by atoms with Gasteiger partial charge in [-0.25, -0.2) is 0 Å². The third-order valence-electron chi connectivity index (χ3n) is 2.89. The largest absolute Gasteiger partial charge is 0.466 e. The van der Waals surface area contributed by atoms with Gasteiger partial charge in [-0.15, -0.1) is 0 Å². The summed E-state index contributed by atoms with van der Waals surface area (Å²) in [4.78, 5) is 22.8. The van der Waals surface area contributed by atoms with Crippen molar-refractivity contribution in [3.8, 4) is 0 Å². The van der Waals surface area contributed by atoms with E-state index in [1.807, 2.05) is 6.92 Å². The molecular formula is C15H28O5. The predicted molar refractivity (Wildman–Crippen MR) is 76.3 cm³/mol. The molecule has 0 aromatic carbocycles. The zero-order valence-electron chi connectivity index (χ0n) is 13.0. The van der Waals surface area contributed by atoms with Crippen molar-refractivity contribution >= 4 is 11.9 Å². The molecule has 0 spiro atoms. The lowest BCUT2D eigenvalue weighted by Crippen LogP contribution is -2.15.